The predicted molar refractivity (Wildman–Crippen MR) is 125 cm³/mol. The normalized spacial score (nSPS) is 11.2. The molecule has 1 heterocycles. The van der Waals surface area contributed by atoms with Crippen LogP contribution in [0.3, 0.4) is 0 Å². The molecular formula is C23H46N6. The minimum Gasteiger partial charge on any atom is -0.368 e. The van der Waals surface area contributed by atoms with Gasteiger partial charge in [-0.05, 0) is 13.0 Å². The van der Waals surface area contributed by atoms with Gasteiger partial charge in [0, 0.05) is 13.0 Å². The van der Waals surface area contributed by atoms with Crippen molar-refractivity contribution in [1.82, 2.24) is 20.3 Å². The van der Waals surface area contributed by atoms with E-state index in [9.17, 15) is 0 Å². The van der Waals surface area contributed by atoms with Crippen molar-refractivity contribution in [3.05, 3.63) is 5.82 Å². The van der Waals surface area contributed by atoms with Crippen LogP contribution in [0.5, 0.6) is 0 Å². The maximum Gasteiger partial charge on any atom is 0.225 e. The predicted octanol–water partition coefficient (Wildman–Crippen LogP) is 5.43. The first-order chi connectivity index (χ1) is 14.2. The molecule has 0 amide bonds. The Morgan fingerprint density at radius 3 is 1.41 bits per heavy atom. The molecule has 0 radical (unpaired) electrons. The van der Waals surface area contributed by atoms with Crippen molar-refractivity contribution >= 4 is 11.9 Å². The quantitative estimate of drug-likeness (QED) is 0.249. The smallest absolute Gasteiger partial charge is 0.225 e. The molecule has 0 bridgehead atoms. The van der Waals surface area contributed by atoms with Gasteiger partial charge in [0.25, 0.3) is 0 Å². The SMILES string of the molecule is CCCCCCCCCCCCCCCCCCNCCc1nc(N)nc(N)n1. The molecule has 1 rings (SSSR count). The largest absolute Gasteiger partial charge is 0.368 e. The maximum absolute atomic E-state index is 5.57. The van der Waals surface area contributed by atoms with Crippen LogP contribution in [0.1, 0.15) is 115 Å². The van der Waals surface area contributed by atoms with E-state index in [0.717, 1.165) is 19.5 Å². The zero-order valence-corrected chi connectivity index (χ0v) is 18.9. The molecule has 168 valence electrons. The first-order valence-corrected chi connectivity index (χ1v) is 12.2. The maximum atomic E-state index is 5.57. The van der Waals surface area contributed by atoms with E-state index in [0.29, 0.717) is 5.82 Å². The Bertz CT molecular complexity index is 474. The first-order valence-electron chi connectivity index (χ1n) is 12.2. The highest BCUT2D eigenvalue weighted by molar-refractivity contribution is 5.25. The molecular weight excluding hydrogens is 360 g/mol. The Hall–Kier alpha value is -1.43. The van der Waals surface area contributed by atoms with Gasteiger partial charge in [-0.15, -0.1) is 0 Å². The number of nitrogens with zero attached hydrogens (tertiary/aromatic N) is 3. The first kappa shape index (κ1) is 25.6. The van der Waals surface area contributed by atoms with Gasteiger partial charge < -0.3 is 16.8 Å². The Labute approximate surface area is 179 Å². The lowest BCUT2D eigenvalue weighted by Crippen LogP contribution is -2.20. The van der Waals surface area contributed by atoms with E-state index in [4.69, 9.17) is 11.5 Å². The third-order valence-corrected chi connectivity index (χ3v) is 5.45. The van der Waals surface area contributed by atoms with Gasteiger partial charge in [0.1, 0.15) is 5.82 Å². The monoisotopic (exact) mass is 406 g/mol. The van der Waals surface area contributed by atoms with Crippen LogP contribution in [-0.2, 0) is 6.42 Å². The van der Waals surface area contributed by atoms with Crippen molar-refractivity contribution in [2.24, 2.45) is 0 Å². The summed E-state index contributed by atoms with van der Waals surface area (Å²) in [6.07, 6.45) is 23.2. The summed E-state index contributed by atoms with van der Waals surface area (Å²) in [4.78, 5) is 12.0. The number of nitrogen functional groups attached to an aromatic ring is 2. The molecule has 0 saturated carbocycles. The molecule has 6 heteroatoms. The van der Waals surface area contributed by atoms with E-state index in [1.807, 2.05) is 0 Å². The number of rotatable bonds is 20. The summed E-state index contributed by atoms with van der Waals surface area (Å²) < 4.78 is 0. The lowest BCUT2D eigenvalue weighted by atomic mass is 10.0. The molecule has 1 aromatic rings. The molecule has 0 aliphatic heterocycles. The van der Waals surface area contributed by atoms with Gasteiger partial charge in [0.2, 0.25) is 11.9 Å². The van der Waals surface area contributed by atoms with Crippen LogP contribution < -0.4 is 16.8 Å². The summed E-state index contributed by atoms with van der Waals surface area (Å²) >= 11 is 0. The summed E-state index contributed by atoms with van der Waals surface area (Å²) in [5.41, 5.74) is 11.1. The van der Waals surface area contributed by atoms with E-state index in [2.05, 4.69) is 27.2 Å². The van der Waals surface area contributed by atoms with E-state index in [1.165, 1.54) is 103 Å². The van der Waals surface area contributed by atoms with Crippen LogP contribution in [0.2, 0.25) is 0 Å². The molecule has 29 heavy (non-hydrogen) atoms. The highest BCUT2D eigenvalue weighted by atomic mass is 15.1. The second kappa shape index (κ2) is 18.6. The third-order valence-electron chi connectivity index (χ3n) is 5.45. The van der Waals surface area contributed by atoms with Gasteiger partial charge >= 0.3 is 0 Å². The lowest BCUT2D eigenvalue weighted by Gasteiger charge is -2.05. The fraction of sp³-hybridized carbons (Fsp3) is 0.870. The van der Waals surface area contributed by atoms with Gasteiger partial charge in [0.15, 0.2) is 0 Å². The standard InChI is InChI=1S/C23H46N6/c1-2-3-4-5-6-7-8-9-10-11-12-13-14-15-16-17-19-26-20-18-21-27-22(24)29-23(25)28-21/h26H,2-20H2,1H3,(H4,24,25,27,28,29). The molecule has 0 spiro atoms. The molecule has 0 atom stereocenters. The number of hydrogen-bond donors (Lipinski definition) is 3. The average molecular weight is 407 g/mol. The highest BCUT2D eigenvalue weighted by Crippen LogP contribution is 2.13. The zero-order valence-electron chi connectivity index (χ0n) is 18.9. The average Bonchev–Trinajstić information content (AvgIpc) is 2.69. The van der Waals surface area contributed by atoms with Crippen molar-refractivity contribution in [2.75, 3.05) is 24.6 Å². The summed E-state index contributed by atoms with van der Waals surface area (Å²) in [7, 11) is 0. The third kappa shape index (κ3) is 16.1. The Morgan fingerprint density at radius 2 is 0.966 bits per heavy atom. The summed E-state index contributed by atoms with van der Waals surface area (Å²) in [6, 6.07) is 0. The number of anilines is 2. The molecule has 0 unspecified atom stereocenters. The fourth-order valence-electron chi connectivity index (χ4n) is 3.69. The second-order valence-corrected chi connectivity index (χ2v) is 8.27. The van der Waals surface area contributed by atoms with Crippen molar-refractivity contribution < 1.29 is 0 Å². The van der Waals surface area contributed by atoms with Crippen molar-refractivity contribution in [1.29, 1.82) is 0 Å². The van der Waals surface area contributed by atoms with Crippen molar-refractivity contribution in [3.63, 3.8) is 0 Å². The topological polar surface area (TPSA) is 103 Å². The number of nitrogens with two attached hydrogens (primary N) is 2. The second-order valence-electron chi connectivity index (χ2n) is 8.27. The minimum atomic E-state index is 0.199. The number of hydrogen-bond acceptors (Lipinski definition) is 6. The van der Waals surface area contributed by atoms with E-state index >= 15 is 0 Å². The highest BCUT2D eigenvalue weighted by Gasteiger charge is 2.01. The van der Waals surface area contributed by atoms with Crippen LogP contribution in [-0.4, -0.2) is 28.0 Å². The number of unbranched alkanes of at least 4 members (excludes halogenated alkanes) is 15. The van der Waals surface area contributed by atoms with Crippen LogP contribution >= 0.6 is 0 Å². The molecule has 5 N–H and O–H groups in total. The Kier molecular flexibility index (Phi) is 16.4. The molecule has 1 aromatic heterocycles. The van der Waals surface area contributed by atoms with Gasteiger partial charge in [0.05, 0.1) is 0 Å². The number of aromatic nitrogens is 3. The molecule has 0 saturated heterocycles. The number of nitrogens with one attached hydrogen (secondary N) is 1. The van der Waals surface area contributed by atoms with E-state index < -0.39 is 0 Å². The molecule has 0 aliphatic rings. The lowest BCUT2D eigenvalue weighted by molar-refractivity contribution is 0.525. The zero-order chi connectivity index (χ0) is 21.0. The van der Waals surface area contributed by atoms with Gasteiger partial charge in [-0.2, -0.15) is 15.0 Å². The van der Waals surface area contributed by atoms with E-state index in [1.54, 1.807) is 0 Å². The summed E-state index contributed by atoms with van der Waals surface area (Å²) in [6.45, 7) is 4.19. The fourth-order valence-corrected chi connectivity index (χ4v) is 3.69. The Morgan fingerprint density at radius 1 is 0.552 bits per heavy atom. The van der Waals surface area contributed by atoms with Crippen molar-refractivity contribution in [3.8, 4) is 0 Å². The van der Waals surface area contributed by atoms with Crippen LogP contribution in [0.25, 0.3) is 0 Å². The van der Waals surface area contributed by atoms with Gasteiger partial charge in [-0.1, -0.05) is 103 Å². The molecule has 0 aromatic carbocycles. The Balaban J connectivity index is 1.75. The van der Waals surface area contributed by atoms with Crippen molar-refractivity contribution in [2.45, 2.75) is 116 Å². The molecule has 6 nitrogen and oxygen atoms in total. The van der Waals surface area contributed by atoms with Crippen LogP contribution in [0, 0.1) is 0 Å². The van der Waals surface area contributed by atoms with Gasteiger partial charge in [-0.25, -0.2) is 0 Å². The van der Waals surface area contributed by atoms with Crippen LogP contribution in [0.4, 0.5) is 11.9 Å². The minimum absolute atomic E-state index is 0.199. The molecule has 0 fully saturated rings. The van der Waals surface area contributed by atoms with Gasteiger partial charge in [-0.3, -0.25) is 0 Å². The summed E-state index contributed by atoms with van der Waals surface area (Å²) in [5, 5.41) is 3.44. The van der Waals surface area contributed by atoms with E-state index in [-0.39, 0.29) is 11.9 Å². The summed E-state index contributed by atoms with van der Waals surface area (Å²) in [5.74, 6) is 1.06. The molecule has 0 aliphatic carbocycles. The van der Waals surface area contributed by atoms with Crippen LogP contribution in [0.15, 0.2) is 0 Å².